The van der Waals surface area contributed by atoms with E-state index in [2.05, 4.69) is 32.1 Å². The Balaban J connectivity index is 1.69. The van der Waals surface area contributed by atoms with Crippen LogP contribution in [0.3, 0.4) is 0 Å². The average molecular weight is 245 g/mol. The zero-order valence-electron chi connectivity index (χ0n) is 10.6. The topological polar surface area (TPSA) is 54.8 Å². The molecule has 0 atom stereocenters. The second-order valence-corrected chi connectivity index (χ2v) is 4.04. The molecule has 96 valence electrons. The van der Waals surface area contributed by atoms with Gasteiger partial charge in [0.1, 0.15) is 5.82 Å². The third kappa shape index (κ3) is 3.76. The lowest BCUT2D eigenvalue weighted by molar-refractivity contribution is 0.660. The number of anilines is 2. The number of nitrogens with one attached hydrogen (secondary N) is 2. The van der Waals surface area contributed by atoms with Crippen LogP contribution in [0, 0.1) is 0 Å². The van der Waals surface area contributed by atoms with Crippen molar-refractivity contribution in [2.75, 3.05) is 23.7 Å². The number of hydrogen-bond donors (Lipinski definition) is 2. The minimum absolute atomic E-state index is 0.908. The van der Waals surface area contributed by atoms with Gasteiger partial charge in [0, 0.05) is 32.0 Å². The minimum atomic E-state index is 0.908. The van der Waals surface area contributed by atoms with Crippen molar-refractivity contribution in [3.63, 3.8) is 0 Å². The molecule has 0 radical (unpaired) electrons. The van der Waals surface area contributed by atoms with Gasteiger partial charge in [-0.05, 0) is 25.5 Å². The Morgan fingerprint density at radius 2 is 2.22 bits per heavy atom. The lowest BCUT2D eigenvalue weighted by Gasteiger charge is -2.07. The van der Waals surface area contributed by atoms with Crippen LogP contribution in [0.1, 0.15) is 13.3 Å². The summed E-state index contributed by atoms with van der Waals surface area (Å²) in [4.78, 5) is 8.35. The average Bonchev–Trinajstić information content (AvgIpc) is 2.90. The lowest BCUT2D eigenvalue weighted by Crippen LogP contribution is -2.07. The Morgan fingerprint density at radius 3 is 2.89 bits per heavy atom. The molecule has 0 bridgehead atoms. The van der Waals surface area contributed by atoms with Crippen LogP contribution in [-0.4, -0.2) is 27.6 Å². The molecule has 0 aliphatic rings. The van der Waals surface area contributed by atoms with Crippen LogP contribution in [0.4, 0.5) is 11.5 Å². The fraction of sp³-hybridized carbons (Fsp3) is 0.385. The SMILES string of the molecule is CCNc1ccc(NCCCn2ccnc2)nc1. The third-order valence-electron chi connectivity index (χ3n) is 2.60. The smallest absolute Gasteiger partial charge is 0.126 e. The molecule has 5 nitrogen and oxygen atoms in total. The summed E-state index contributed by atoms with van der Waals surface area (Å²) in [5.74, 6) is 0.919. The maximum absolute atomic E-state index is 4.34. The van der Waals surface area contributed by atoms with E-state index in [4.69, 9.17) is 0 Å². The Kier molecular flexibility index (Phi) is 4.58. The Morgan fingerprint density at radius 1 is 1.28 bits per heavy atom. The summed E-state index contributed by atoms with van der Waals surface area (Å²) in [7, 11) is 0. The second kappa shape index (κ2) is 6.64. The van der Waals surface area contributed by atoms with Crippen LogP contribution < -0.4 is 10.6 Å². The molecule has 18 heavy (non-hydrogen) atoms. The van der Waals surface area contributed by atoms with E-state index in [0.29, 0.717) is 0 Å². The Hall–Kier alpha value is -2.04. The van der Waals surface area contributed by atoms with Crippen LogP contribution in [-0.2, 0) is 6.54 Å². The molecule has 0 unspecified atom stereocenters. The number of rotatable bonds is 7. The van der Waals surface area contributed by atoms with E-state index < -0.39 is 0 Å². The number of aromatic nitrogens is 3. The summed E-state index contributed by atoms with van der Waals surface area (Å²) in [5.41, 5.74) is 1.06. The van der Waals surface area contributed by atoms with E-state index >= 15 is 0 Å². The van der Waals surface area contributed by atoms with Crippen LogP contribution >= 0.6 is 0 Å². The maximum Gasteiger partial charge on any atom is 0.126 e. The predicted molar refractivity (Wildman–Crippen MR) is 73.7 cm³/mol. The van der Waals surface area contributed by atoms with Gasteiger partial charge in [0.15, 0.2) is 0 Å². The van der Waals surface area contributed by atoms with Gasteiger partial charge in [0.2, 0.25) is 0 Å². The van der Waals surface area contributed by atoms with Gasteiger partial charge in [0.25, 0.3) is 0 Å². The number of hydrogen-bond acceptors (Lipinski definition) is 4. The van der Waals surface area contributed by atoms with Gasteiger partial charge in [0.05, 0.1) is 18.2 Å². The van der Waals surface area contributed by atoms with Crippen LogP contribution in [0.15, 0.2) is 37.1 Å². The molecule has 0 saturated heterocycles. The first-order valence-corrected chi connectivity index (χ1v) is 6.28. The highest BCUT2D eigenvalue weighted by molar-refractivity contribution is 5.46. The highest BCUT2D eigenvalue weighted by Crippen LogP contribution is 2.09. The molecule has 2 N–H and O–H groups in total. The molecule has 2 aromatic heterocycles. The molecule has 0 aromatic carbocycles. The maximum atomic E-state index is 4.34. The summed E-state index contributed by atoms with van der Waals surface area (Å²) >= 11 is 0. The van der Waals surface area contributed by atoms with Crippen molar-refractivity contribution in [2.45, 2.75) is 19.9 Å². The summed E-state index contributed by atoms with van der Waals surface area (Å²) in [6.45, 7) is 4.87. The molecule has 0 aliphatic heterocycles. The van der Waals surface area contributed by atoms with Crippen molar-refractivity contribution >= 4 is 11.5 Å². The van der Waals surface area contributed by atoms with Gasteiger partial charge >= 0.3 is 0 Å². The first-order valence-electron chi connectivity index (χ1n) is 6.28. The lowest BCUT2D eigenvalue weighted by atomic mass is 10.3. The molecule has 0 spiro atoms. The predicted octanol–water partition coefficient (Wildman–Crippen LogP) is 2.21. The Labute approximate surface area is 107 Å². The van der Waals surface area contributed by atoms with Crippen LogP contribution in [0.5, 0.6) is 0 Å². The monoisotopic (exact) mass is 245 g/mol. The first kappa shape index (κ1) is 12.4. The number of pyridine rings is 1. The second-order valence-electron chi connectivity index (χ2n) is 4.04. The van der Waals surface area contributed by atoms with Gasteiger partial charge in [-0.1, -0.05) is 0 Å². The van der Waals surface area contributed by atoms with E-state index in [1.54, 1.807) is 6.20 Å². The fourth-order valence-electron chi connectivity index (χ4n) is 1.70. The molecule has 0 amide bonds. The van der Waals surface area contributed by atoms with E-state index in [1.165, 1.54) is 0 Å². The van der Waals surface area contributed by atoms with Crippen molar-refractivity contribution in [3.05, 3.63) is 37.1 Å². The minimum Gasteiger partial charge on any atom is -0.384 e. The molecule has 5 heteroatoms. The molecule has 2 rings (SSSR count). The molecule has 2 aromatic rings. The normalized spacial score (nSPS) is 10.3. The van der Waals surface area contributed by atoms with Crippen molar-refractivity contribution in [2.24, 2.45) is 0 Å². The molecule has 0 fully saturated rings. The largest absolute Gasteiger partial charge is 0.384 e. The quantitative estimate of drug-likeness (QED) is 0.734. The zero-order chi connectivity index (χ0) is 12.6. The summed E-state index contributed by atoms with van der Waals surface area (Å²) < 4.78 is 2.07. The van der Waals surface area contributed by atoms with Crippen molar-refractivity contribution in [1.82, 2.24) is 14.5 Å². The fourth-order valence-corrected chi connectivity index (χ4v) is 1.70. The van der Waals surface area contributed by atoms with E-state index in [9.17, 15) is 0 Å². The molecular formula is C13H19N5. The Bertz CT molecular complexity index is 435. The van der Waals surface area contributed by atoms with Gasteiger partial charge in [-0.2, -0.15) is 0 Å². The van der Waals surface area contributed by atoms with Crippen molar-refractivity contribution in [1.29, 1.82) is 0 Å². The summed E-state index contributed by atoms with van der Waals surface area (Å²) in [6.07, 6.45) is 8.51. The van der Waals surface area contributed by atoms with Gasteiger partial charge in [-0.25, -0.2) is 9.97 Å². The first-order chi connectivity index (χ1) is 8.88. The van der Waals surface area contributed by atoms with E-state index in [0.717, 1.165) is 37.6 Å². The highest BCUT2D eigenvalue weighted by Gasteiger charge is 1.95. The highest BCUT2D eigenvalue weighted by atomic mass is 15.0. The van der Waals surface area contributed by atoms with Crippen molar-refractivity contribution < 1.29 is 0 Å². The number of aryl methyl sites for hydroxylation is 1. The van der Waals surface area contributed by atoms with Gasteiger partial charge in [-0.3, -0.25) is 0 Å². The third-order valence-corrected chi connectivity index (χ3v) is 2.60. The van der Waals surface area contributed by atoms with Gasteiger partial charge < -0.3 is 15.2 Å². The van der Waals surface area contributed by atoms with Crippen molar-refractivity contribution in [3.8, 4) is 0 Å². The van der Waals surface area contributed by atoms with Gasteiger partial charge in [-0.15, -0.1) is 0 Å². The number of nitrogens with zero attached hydrogens (tertiary/aromatic N) is 3. The van der Waals surface area contributed by atoms with E-state index in [-0.39, 0.29) is 0 Å². The zero-order valence-corrected chi connectivity index (χ0v) is 10.6. The molecule has 0 saturated carbocycles. The molecule has 0 aliphatic carbocycles. The summed E-state index contributed by atoms with van der Waals surface area (Å²) in [6, 6.07) is 4.03. The number of imidazole rings is 1. The summed E-state index contributed by atoms with van der Waals surface area (Å²) in [5, 5.41) is 6.52. The van der Waals surface area contributed by atoms with Crippen LogP contribution in [0.25, 0.3) is 0 Å². The molecule has 2 heterocycles. The molecular weight excluding hydrogens is 226 g/mol. The van der Waals surface area contributed by atoms with E-state index in [1.807, 2.05) is 30.9 Å². The van der Waals surface area contributed by atoms with Crippen LogP contribution in [0.2, 0.25) is 0 Å². The standard InChI is InChI=1S/C13H19N5/c1-2-15-12-4-5-13(17-10-12)16-6-3-8-18-9-7-14-11-18/h4-5,7,9-11,15H,2-3,6,8H2,1H3,(H,16,17).